The van der Waals surface area contributed by atoms with Crippen molar-refractivity contribution in [1.29, 1.82) is 0 Å². The average Bonchev–Trinajstić information content (AvgIpc) is 2.62. The minimum absolute atomic E-state index is 0.0375. The van der Waals surface area contributed by atoms with Crippen molar-refractivity contribution in [3.8, 4) is 0 Å². The fourth-order valence-electron chi connectivity index (χ4n) is 3.35. The van der Waals surface area contributed by atoms with Crippen LogP contribution in [-0.2, 0) is 24.7 Å². The molecule has 6 heteroatoms. The van der Waals surface area contributed by atoms with E-state index >= 15 is 0 Å². The van der Waals surface area contributed by atoms with E-state index in [1.807, 2.05) is 30.3 Å². The van der Waals surface area contributed by atoms with Gasteiger partial charge in [0.05, 0.1) is 16.9 Å². The molecule has 1 N–H and O–H groups in total. The quantitative estimate of drug-likeness (QED) is 0.778. The third kappa shape index (κ3) is 2.91. The van der Waals surface area contributed by atoms with Crippen molar-refractivity contribution in [1.82, 2.24) is 14.8 Å². The van der Waals surface area contributed by atoms with Crippen LogP contribution >= 0.6 is 0 Å². The highest BCUT2D eigenvalue weighted by Gasteiger charge is 2.26. The molecule has 0 aliphatic heterocycles. The number of anilines is 1. The van der Waals surface area contributed by atoms with Crippen LogP contribution in [0.3, 0.4) is 0 Å². The number of benzene rings is 1. The average molecular weight is 334 g/mol. The monoisotopic (exact) mass is 334 g/mol. The number of hydrogen-bond acceptors (Lipinski definition) is 4. The van der Waals surface area contributed by atoms with Crippen LogP contribution in [0.2, 0.25) is 0 Å². The van der Waals surface area contributed by atoms with Crippen molar-refractivity contribution in [3.05, 3.63) is 64.2 Å². The van der Waals surface area contributed by atoms with Crippen molar-refractivity contribution >= 4 is 22.5 Å². The Morgan fingerprint density at radius 3 is 3.00 bits per heavy atom. The molecule has 1 amide bonds. The number of amides is 1. The van der Waals surface area contributed by atoms with Crippen LogP contribution in [0.25, 0.3) is 10.9 Å². The summed E-state index contributed by atoms with van der Waals surface area (Å²) in [6, 6.07) is 11.2. The summed E-state index contributed by atoms with van der Waals surface area (Å²) < 4.78 is 1.35. The number of carbonyl (C=O) groups excluding carboxylic acids is 1. The SMILES string of the molecule is Cn1nc2c(cc1=O)CC(C(=O)Nc1cccc3cccnc13)CC2. The topological polar surface area (TPSA) is 76.9 Å². The number of aromatic nitrogens is 3. The molecule has 0 spiro atoms. The van der Waals surface area contributed by atoms with Gasteiger partial charge in [-0.2, -0.15) is 5.10 Å². The Kier molecular flexibility index (Phi) is 3.80. The Morgan fingerprint density at radius 2 is 2.12 bits per heavy atom. The molecule has 6 nitrogen and oxygen atoms in total. The molecule has 0 radical (unpaired) electrons. The van der Waals surface area contributed by atoms with Crippen LogP contribution in [0.1, 0.15) is 17.7 Å². The third-order valence-electron chi connectivity index (χ3n) is 4.72. The lowest BCUT2D eigenvalue weighted by molar-refractivity contribution is -0.120. The summed E-state index contributed by atoms with van der Waals surface area (Å²) in [5.74, 6) is -0.204. The van der Waals surface area contributed by atoms with Crippen molar-refractivity contribution in [2.75, 3.05) is 5.32 Å². The number of pyridine rings is 1. The molecule has 25 heavy (non-hydrogen) atoms. The minimum Gasteiger partial charge on any atom is -0.324 e. The first kappa shape index (κ1) is 15.5. The maximum atomic E-state index is 12.7. The molecule has 2 heterocycles. The van der Waals surface area contributed by atoms with Crippen molar-refractivity contribution < 1.29 is 4.79 Å². The van der Waals surface area contributed by atoms with Gasteiger partial charge in [0.1, 0.15) is 0 Å². The van der Waals surface area contributed by atoms with E-state index in [4.69, 9.17) is 0 Å². The molecular weight excluding hydrogens is 316 g/mol. The van der Waals surface area contributed by atoms with Crippen molar-refractivity contribution in [3.63, 3.8) is 0 Å². The normalized spacial score (nSPS) is 16.4. The Bertz CT molecular complexity index is 1020. The zero-order valence-corrected chi connectivity index (χ0v) is 13.9. The lowest BCUT2D eigenvalue weighted by Gasteiger charge is -2.23. The predicted octanol–water partition coefficient (Wildman–Crippen LogP) is 2.07. The van der Waals surface area contributed by atoms with Crippen LogP contribution < -0.4 is 10.9 Å². The van der Waals surface area contributed by atoms with Crippen molar-refractivity contribution in [2.24, 2.45) is 13.0 Å². The molecule has 1 unspecified atom stereocenters. The summed E-state index contributed by atoms with van der Waals surface area (Å²) >= 11 is 0. The number of rotatable bonds is 2. The first-order valence-corrected chi connectivity index (χ1v) is 8.32. The van der Waals surface area contributed by atoms with Gasteiger partial charge in [0.15, 0.2) is 0 Å². The fourth-order valence-corrected chi connectivity index (χ4v) is 3.35. The summed E-state index contributed by atoms with van der Waals surface area (Å²) in [6.07, 6.45) is 3.69. The predicted molar refractivity (Wildman–Crippen MR) is 95.4 cm³/mol. The Morgan fingerprint density at radius 1 is 1.28 bits per heavy atom. The molecule has 1 atom stereocenters. The van der Waals surface area contributed by atoms with E-state index in [9.17, 15) is 9.59 Å². The largest absolute Gasteiger partial charge is 0.324 e. The van der Waals surface area contributed by atoms with E-state index in [1.54, 1.807) is 19.3 Å². The molecule has 2 aromatic heterocycles. The summed E-state index contributed by atoms with van der Waals surface area (Å²) in [5.41, 5.74) is 3.16. The van der Waals surface area contributed by atoms with Gasteiger partial charge in [0.25, 0.3) is 5.56 Å². The fraction of sp³-hybridized carbons (Fsp3) is 0.263. The smallest absolute Gasteiger partial charge is 0.266 e. The zero-order chi connectivity index (χ0) is 17.4. The van der Waals surface area contributed by atoms with Gasteiger partial charge in [-0.15, -0.1) is 0 Å². The van der Waals surface area contributed by atoms with E-state index in [1.165, 1.54) is 4.68 Å². The molecule has 1 aromatic carbocycles. The lowest BCUT2D eigenvalue weighted by atomic mass is 9.86. The molecule has 0 fully saturated rings. The van der Waals surface area contributed by atoms with Gasteiger partial charge in [-0.05, 0) is 37.0 Å². The van der Waals surface area contributed by atoms with E-state index in [0.29, 0.717) is 12.8 Å². The third-order valence-corrected chi connectivity index (χ3v) is 4.72. The van der Waals surface area contributed by atoms with Crippen LogP contribution in [0.5, 0.6) is 0 Å². The number of nitrogens with zero attached hydrogens (tertiary/aromatic N) is 3. The van der Waals surface area contributed by atoms with Crippen LogP contribution in [-0.4, -0.2) is 20.7 Å². The van der Waals surface area contributed by atoms with Crippen LogP contribution in [0.4, 0.5) is 5.69 Å². The molecule has 3 aromatic rings. The van der Waals surface area contributed by atoms with E-state index in [2.05, 4.69) is 15.4 Å². The number of aryl methyl sites for hydroxylation is 2. The van der Waals surface area contributed by atoms with E-state index in [-0.39, 0.29) is 17.4 Å². The number of para-hydroxylation sites is 1. The standard InChI is InChI=1S/C19H18N4O2/c1-23-17(24)11-14-10-13(7-8-15(14)22-23)19(25)21-16-6-2-4-12-5-3-9-20-18(12)16/h2-6,9,11,13H,7-8,10H2,1H3,(H,21,25). The molecular formula is C19H18N4O2. The number of hydrogen-bond donors (Lipinski definition) is 1. The van der Waals surface area contributed by atoms with Crippen LogP contribution in [0.15, 0.2) is 47.4 Å². The first-order valence-electron chi connectivity index (χ1n) is 8.32. The van der Waals surface area contributed by atoms with Crippen LogP contribution in [0, 0.1) is 5.92 Å². The second kappa shape index (κ2) is 6.12. The second-order valence-electron chi connectivity index (χ2n) is 6.39. The molecule has 0 saturated carbocycles. The highest BCUT2D eigenvalue weighted by atomic mass is 16.2. The maximum Gasteiger partial charge on any atom is 0.266 e. The number of nitrogens with one attached hydrogen (secondary N) is 1. The van der Waals surface area contributed by atoms with E-state index < -0.39 is 0 Å². The molecule has 4 rings (SSSR count). The zero-order valence-electron chi connectivity index (χ0n) is 13.9. The molecule has 126 valence electrons. The Hall–Kier alpha value is -3.02. The number of carbonyl (C=O) groups is 1. The summed E-state index contributed by atoms with van der Waals surface area (Å²) in [7, 11) is 1.65. The first-order chi connectivity index (χ1) is 12.1. The van der Waals surface area contributed by atoms with Gasteiger partial charge < -0.3 is 5.32 Å². The second-order valence-corrected chi connectivity index (χ2v) is 6.39. The highest BCUT2D eigenvalue weighted by molar-refractivity contribution is 6.01. The van der Waals surface area contributed by atoms with E-state index in [0.717, 1.165) is 34.3 Å². The van der Waals surface area contributed by atoms with Crippen molar-refractivity contribution in [2.45, 2.75) is 19.3 Å². The summed E-state index contributed by atoms with van der Waals surface area (Å²) in [4.78, 5) is 28.9. The minimum atomic E-state index is -0.166. The van der Waals surface area contributed by atoms with Gasteiger partial charge in [-0.25, -0.2) is 4.68 Å². The summed E-state index contributed by atoms with van der Waals surface area (Å²) in [6.45, 7) is 0. The van der Waals surface area contributed by atoms with Gasteiger partial charge in [0.2, 0.25) is 5.91 Å². The molecule has 0 saturated heterocycles. The molecule has 1 aliphatic carbocycles. The number of fused-ring (bicyclic) bond motifs is 2. The Labute approximate surface area is 144 Å². The summed E-state index contributed by atoms with van der Waals surface area (Å²) in [5, 5.41) is 8.29. The molecule has 0 bridgehead atoms. The lowest BCUT2D eigenvalue weighted by Crippen LogP contribution is -2.31. The van der Waals surface area contributed by atoms with Gasteiger partial charge in [0, 0.05) is 30.6 Å². The van der Waals surface area contributed by atoms with Gasteiger partial charge in [-0.3, -0.25) is 14.6 Å². The highest BCUT2D eigenvalue weighted by Crippen LogP contribution is 2.26. The molecule has 1 aliphatic rings. The maximum absolute atomic E-state index is 12.7. The van der Waals surface area contributed by atoms with Gasteiger partial charge >= 0.3 is 0 Å². The van der Waals surface area contributed by atoms with Gasteiger partial charge in [-0.1, -0.05) is 18.2 Å². The Balaban J connectivity index is 1.57.